The van der Waals surface area contributed by atoms with E-state index in [0.717, 1.165) is 79.2 Å². The minimum Gasteiger partial charge on any atom is -0.497 e. The minimum atomic E-state index is 0.202. The van der Waals surface area contributed by atoms with Crippen molar-refractivity contribution in [2.45, 2.75) is 38.3 Å². The lowest BCUT2D eigenvalue weighted by molar-refractivity contribution is 0.242. The summed E-state index contributed by atoms with van der Waals surface area (Å²) in [4.78, 5) is 25.9. The molecule has 2 aliphatic heterocycles. The van der Waals surface area contributed by atoms with E-state index in [-0.39, 0.29) is 6.04 Å². The van der Waals surface area contributed by atoms with E-state index in [1.54, 1.807) is 7.11 Å². The number of hydrogen-bond acceptors (Lipinski definition) is 8. The van der Waals surface area contributed by atoms with E-state index in [0.29, 0.717) is 0 Å². The monoisotopic (exact) mass is 459 g/mol. The molecule has 2 aliphatic rings. The van der Waals surface area contributed by atoms with Crippen LogP contribution in [0.4, 0.5) is 11.9 Å². The number of rotatable bonds is 7. The summed E-state index contributed by atoms with van der Waals surface area (Å²) < 4.78 is 5.48. The van der Waals surface area contributed by atoms with E-state index >= 15 is 0 Å². The van der Waals surface area contributed by atoms with Crippen molar-refractivity contribution in [1.29, 1.82) is 0 Å². The van der Waals surface area contributed by atoms with Crippen LogP contribution in [0.3, 0.4) is 0 Å². The zero-order valence-corrected chi connectivity index (χ0v) is 20.3. The summed E-state index contributed by atoms with van der Waals surface area (Å²) >= 11 is 0. The van der Waals surface area contributed by atoms with Crippen LogP contribution in [0.5, 0.6) is 5.75 Å². The van der Waals surface area contributed by atoms with Gasteiger partial charge in [-0.25, -0.2) is 19.9 Å². The quantitative estimate of drug-likeness (QED) is 0.526. The van der Waals surface area contributed by atoms with Gasteiger partial charge in [0.25, 0.3) is 0 Å². The van der Waals surface area contributed by atoms with Gasteiger partial charge in [-0.05, 0) is 56.0 Å². The number of aromatic nitrogens is 4. The Bertz CT molecular complexity index is 1130. The van der Waals surface area contributed by atoms with E-state index in [2.05, 4.69) is 31.9 Å². The van der Waals surface area contributed by atoms with Crippen LogP contribution >= 0.6 is 0 Å². The van der Waals surface area contributed by atoms with Gasteiger partial charge in [-0.1, -0.05) is 12.1 Å². The highest BCUT2D eigenvalue weighted by molar-refractivity contribution is 5.68. The summed E-state index contributed by atoms with van der Waals surface area (Å²) in [5.74, 6) is 2.42. The SMILES string of the molecule is COc1cccc(-c2cnc(N(C)C)nc2[C@H]2CCCN2Cc2ccnc(N3CCCC3)n2)c1. The molecule has 5 rings (SSSR count). The molecule has 4 heterocycles. The Morgan fingerprint density at radius 1 is 1.03 bits per heavy atom. The molecular formula is C26H33N7O. The van der Waals surface area contributed by atoms with Crippen molar-refractivity contribution in [2.75, 3.05) is 50.6 Å². The van der Waals surface area contributed by atoms with Gasteiger partial charge in [0.15, 0.2) is 0 Å². The molecule has 0 amide bonds. The Kier molecular flexibility index (Phi) is 6.58. The molecule has 8 nitrogen and oxygen atoms in total. The van der Waals surface area contributed by atoms with Crippen molar-refractivity contribution in [1.82, 2.24) is 24.8 Å². The van der Waals surface area contributed by atoms with Gasteiger partial charge < -0.3 is 14.5 Å². The van der Waals surface area contributed by atoms with Gasteiger partial charge in [0.05, 0.1) is 24.5 Å². The van der Waals surface area contributed by atoms with Crippen molar-refractivity contribution >= 4 is 11.9 Å². The maximum Gasteiger partial charge on any atom is 0.225 e. The summed E-state index contributed by atoms with van der Waals surface area (Å²) in [5.41, 5.74) is 4.26. The highest BCUT2D eigenvalue weighted by Crippen LogP contribution is 2.38. The van der Waals surface area contributed by atoms with Crippen molar-refractivity contribution in [2.24, 2.45) is 0 Å². The summed E-state index contributed by atoms with van der Waals surface area (Å²) in [6, 6.07) is 10.4. The summed E-state index contributed by atoms with van der Waals surface area (Å²) in [7, 11) is 5.66. The van der Waals surface area contributed by atoms with Crippen LogP contribution in [-0.2, 0) is 6.54 Å². The molecule has 0 unspecified atom stereocenters. The van der Waals surface area contributed by atoms with Crippen LogP contribution < -0.4 is 14.5 Å². The average molecular weight is 460 g/mol. The maximum absolute atomic E-state index is 5.48. The normalized spacial score (nSPS) is 18.4. The lowest BCUT2D eigenvalue weighted by Gasteiger charge is -2.27. The second-order valence-corrected chi connectivity index (χ2v) is 9.27. The molecule has 34 heavy (non-hydrogen) atoms. The molecule has 2 fully saturated rings. The molecule has 0 spiro atoms. The van der Waals surface area contributed by atoms with Crippen molar-refractivity contribution in [3.8, 4) is 16.9 Å². The molecule has 0 radical (unpaired) electrons. The van der Waals surface area contributed by atoms with E-state index in [1.165, 1.54) is 12.8 Å². The molecule has 1 atom stereocenters. The van der Waals surface area contributed by atoms with Crippen LogP contribution in [0.15, 0.2) is 42.7 Å². The van der Waals surface area contributed by atoms with Gasteiger partial charge in [-0.2, -0.15) is 0 Å². The van der Waals surface area contributed by atoms with Crippen molar-refractivity contribution in [3.63, 3.8) is 0 Å². The smallest absolute Gasteiger partial charge is 0.225 e. The van der Waals surface area contributed by atoms with Crippen LogP contribution in [-0.4, -0.2) is 65.7 Å². The highest BCUT2D eigenvalue weighted by atomic mass is 16.5. The Labute approximate surface area is 201 Å². The topological polar surface area (TPSA) is 70.5 Å². The molecule has 178 valence electrons. The maximum atomic E-state index is 5.48. The molecule has 2 aromatic heterocycles. The van der Waals surface area contributed by atoms with E-state index in [4.69, 9.17) is 14.7 Å². The molecule has 3 aromatic rings. The average Bonchev–Trinajstić information content (AvgIpc) is 3.56. The van der Waals surface area contributed by atoms with Crippen molar-refractivity contribution < 1.29 is 4.74 Å². The first-order valence-corrected chi connectivity index (χ1v) is 12.1. The second-order valence-electron chi connectivity index (χ2n) is 9.27. The third-order valence-corrected chi connectivity index (χ3v) is 6.72. The lowest BCUT2D eigenvalue weighted by Crippen LogP contribution is -2.26. The van der Waals surface area contributed by atoms with Gasteiger partial charge in [0.2, 0.25) is 11.9 Å². The molecule has 0 N–H and O–H groups in total. The van der Waals surface area contributed by atoms with Crippen LogP contribution in [0.1, 0.15) is 43.1 Å². The Morgan fingerprint density at radius 3 is 2.68 bits per heavy atom. The standard InChI is InChI=1S/C26H33N7O/c1-31(2)25-28-17-22(19-8-6-9-21(16-19)34-3)24(30-25)23-10-7-15-33(23)18-20-11-12-27-26(29-20)32-13-4-5-14-32/h6,8-9,11-12,16-17,23H,4-5,7,10,13-15,18H2,1-3H3/t23-/m1/s1. The molecule has 8 heteroatoms. The Morgan fingerprint density at radius 2 is 1.88 bits per heavy atom. The van der Waals surface area contributed by atoms with E-state index in [9.17, 15) is 0 Å². The van der Waals surface area contributed by atoms with E-state index in [1.807, 2.05) is 49.6 Å². The van der Waals surface area contributed by atoms with Gasteiger partial charge in [0, 0.05) is 51.7 Å². The van der Waals surface area contributed by atoms with Crippen molar-refractivity contribution in [3.05, 3.63) is 54.1 Å². The van der Waals surface area contributed by atoms with E-state index < -0.39 is 0 Å². The summed E-state index contributed by atoms with van der Waals surface area (Å²) in [6.07, 6.45) is 8.49. The predicted octanol–water partition coefficient (Wildman–Crippen LogP) is 3.95. The molecule has 0 aliphatic carbocycles. The predicted molar refractivity (Wildman–Crippen MR) is 134 cm³/mol. The third kappa shape index (κ3) is 4.68. The lowest BCUT2D eigenvalue weighted by atomic mass is 9.99. The zero-order valence-electron chi connectivity index (χ0n) is 20.3. The molecule has 2 saturated heterocycles. The number of ether oxygens (including phenoxy) is 1. The summed E-state index contributed by atoms with van der Waals surface area (Å²) in [5, 5.41) is 0. The fourth-order valence-electron chi connectivity index (χ4n) is 4.94. The minimum absolute atomic E-state index is 0.202. The number of anilines is 2. The summed E-state index contributed by atoms with van der Waals surface area (Å²) in [6.45, 7) is 3.90. The number of methoxy groups -OCH3 is 1. The molecule has 1 aromatic carbocycles. The second kappa shape index (κ2) is 9.93. The fraction of sp³-hybridized carbons (Fsp3) is 0.462. The van der Waals surface area contributed by atoms with Gasteiger partial charge in [-0.15, -0.1) is 0 Å². The molecule has 0 saturated carbocycles. The zero-order chi connectivity index (χ0) is 23.5. The van der Waals surface area contributed by atoms with Gasteiger partial charge >= 0.3 is 0 Å². The van der Waals surface area contributed by atoms with Crippen LogP contribution in [0, 0.1) is 0 Å². The molecule has 0 bridgehead atoms. The molecular weight excluding hydrogens is 426 g/mol. The number of benzene rings is 1. The Hall–Kier alpha value is -3.26. The third-order valence-electron chi connectivity index (χ3n) is 6.72. The fourth-order valence-corrected chi connectivity index (χ4v) is 4.94. The van der Waals surface area contributed by atoms with Gasteiger partial charge in [0.1, 0.15) is 5.75 Å². The van der Waals surface area contributed by atoms with Gasteiger partial charge in [-0.3, -0.25) is 4.90 Å². The number of nitrogens with zero attached hydrogens (tertiary/aromatic N) is 7. The van der Waals surface area contributed by atoms with Crippen LogP contribution in [0.2, 0.25) is 0 Å². The Balaban J connectivity index is 1.47. The number of likely N-dealkylation sites (tertiary alicyclic amines) is 1. The highest BCUT2D eigenvalue weighted by Gasteiger charge is 2.31. The number of hydrogen-bond donors (Lipinski definition) is 0. The first-order valence-electron chi connectivity index (χ1n) is 12.1. The van der Waals surface area contributed by atoms with Crippen LogP contribution in [0.25, 0.3) is 11.1 Å². The largest absolute Gasteiger partial charge is 0.497 e. The first kappa shape index (κ1) is 22.5. The first-order chi connectivity index (χ1) is 16.6.